The fourth-order valence-electron chi connectivity index (χ4n) is 2.98. The van der Waals surface area contributed by atoms with Crippen LogP contribution < -0.4 is 21.5 Å². The van der Waals surface area contributed by atoms with Crippen LogP contribution in [0.5, 0.6) is 0 Å². The molecular weight excluding hydrogens is 336 g/mol. The highest BCUT2D eigenvalue weighted by molar-refractivity contribution is 7.80. The Labute approximate surface area is 145 Å². The highest BCUT2D eigenvalue weighted by Crippen LogP contribution is 2.38. The largest absolute Gasteiger partial charge is 0.358 e. The van der Waals surface area contributed by atoms with Crippen LogP contribution in [-0.4, -0.2) is 16.3 Å². The maximum atomic E-state index is 6.07. The first-order chi connectivity index (χ1) is 10.6. The molecule has 3 atom stereocenters. The van der Waals surface area contributed by atoms with Gasteiger partial charge < -0.3 is 10.6 Å². The van der Waals surface area contributed by atoms with Crippen LogP contribution in [0.3, 0.4) is 0 Å². The molecule has 0 aromatic heterocycles. The van der Waals surface area contributed by atoms with Crippen LogP contribution in [0.25, 0.3) is 0 Å². The van der Waals surface area contributed by atoms with Gasteiger partial charge in [0.05, 0.1) is 10.7 Å². The Morgan fingerprint density at radius 1 is 1.05 bits per heavy atom. The quantitative estimate of drug-likeness (QED) is 0.373. The predicted molar refractivity (Wildman–Crippen MR) is 98.8 cm³/mol. The Morgan fingerprint density at radius 2 is 1.82 bits per heavy atom. The molecule has 0 saturated heterocycles. The number of para-hydroxylation sites is 1. The van der Waals surface area contributed by atoms with E-state index in [0.717, 1.165) is 12.1 Å². The maximum Gasteiger partial charge on any atom is 0.189 e. The van der Waals surface area contributed by atoms with Crippen LogP contribution in [0.4, 0.5) is 5.69 Å². The average molecular weight is 353 g/mol. The first-order valence-electron chi connectivity index (χ1n) is 7.18. The van der Waals surface area contributed by atoms with E-state index in [4.69, 9.17) is 36.0 Å². The molecule has 22 heavy (non-hydrogen) atoms. The molecular formula is C15H17ClN4S2. The van der Waals surface area contributed by atoms with Crippen molar-refractivity contribution in [3.05, 3.63) is 41.4 Å². The van der Waals surface area contributed by atoms with Crippen LogP contribution in [-0.2, 0) is 0 Å². The minimum Gasteiger partial charge on any atom is -0.358 e. The molecule has 1 fully saturated rings. The summed E-state index contributed by atoms with van der Waals surface area (Å²) < 4.78 is 0. The van der Waals surface area contributed by atoms with Gasteiger partial charge in [0.25, 0.3) is 0 Å². The number of hydrogen-bond acceptors (Lipinski definition) is 2. The second kappa shape index (κ2) is 6.81. The molecule has 0 heterocycles. The molecule has 1 aromatic rings. The molecule has 1 saturated carbocycles. The van der Waals surface area contributed by atoms with Crippen molar-refractivity contribution in [3.63, 3.8) is 0 Å². The van der Waals surface area contributed by atoms with Crippen LogP contribution >= 0.6 is 36.0 Å². The zero-order valence-electron chi connectivity index (χ0n) is 11.8. The van der Waals surface area contributed by atoms with Gasteiger partial charge in [-0.1, -0.05) is 35.9 Å². The SMILES string of the molecule is S=C(NNC(=S)N[C@H]1C[C@@H]2C=C[C@@H]1C2)Nc1ccccc1Cl. The lowest BCUT2D eigenvalue weighted by atomic mass is 10.0. The highest BCUT2D eigenvalue weighted by atomic mass is 35.5. The topological polar surface area (TPSA) is 48.1 Å². The van der Waals surface area contributed by atoms with Crippen molar-refractivity contribution in [2.45, 2.75) is 18.9 Å². The molecule has 0 aliphatic heterocycles. The second-order valence-corrected chi connectivity index (χ2v) is 6.77. The summed E-state index contributed by atoms with van der Waals surface area (Å²) in [6, 6.07) is 7.83. The molecule has 1 aromatic carbocycles. The predicted octanol–water partition coefficient (Wildman–Crippen LogP) is 2.97. The molecule has 0 radical (unpaired) electrons. The third-order valence-corrected chi connectivity index (χ3v) is 4.76. The van der Waals surface area contributed by atoms with E-state index in [-0.39, 0.29) is 0 Å². The van der Waals surface area contributed by atoms with Gasteiger partial charge in [-0.25, -0.2) is 0 Å². The van der Waals surface area contributed by atoms with Crippen LogP contribution in [0.15, 0.2) is 36.4 Å². The number of hydrazine groups is 1. The smallest absolute Gasteiger partial charge is 0.189 e. The molecule has 2 bridgehead atoms. The third kappa shape index (κ3) is 3.69. The van der Waals surface area contributed by atoms with Crippen molar-refractivity contribution in [1.29, 1.82) is 0 Å². The van der Waals surface area contributed by atoms with Gasteiger partial charge in [0.15, 0.2) is 10.2 Å². The Bertz CT molecular complexity index is 619. The van der Waals surface area contributed by atoms with E-state index in [1.54, 1.807) is 6.07 Å². The van der Waals surface area contributed by atoms with E-state index in [1.165, 1.54) is 6.42 Å². The molecule has 116 valence electrons. The van der Waals surface area contributed by atoms with Gasteiger partial charge >= 0.3 is 0 Å². The van der Waals surface area contributed by atoms with Gasteiger partial charge in [-0.15, -0.1) is 0 Å². The zero-order chi connectivity index (χ0) is 15.5. The minimum absolute atomic E-state index is 0.407. The summed E-state index contributed by atoms with van der Waals surface area (Å²) in [6.07, 6.45) is 6.97. The number of thiocarbonyl (C=S) groups is 2. The van der Waals surface area contributed by atoms with Gasteiger partial charge in [0.1, 0.15) is 0 Å². The lowest BCUT2D eigenvalue weighted by Gasteiger charge is -2.22. The Balaban J connectivity index is 1.42. The monoisotopic (exact) mass is 352 g/mol. The second-order valence-electron chi connectivity index (χ2n) is 5.54. The van der Waals surface area contributed by atoms with E-state index in [2.05, 4.69) is 33.6 Å². The standard InChI is InChI=1S/C15H17ClN4S2/c16-11-3-1-2-4-12(11)17-14(21)19-20-15(22)18-13-8-9-5-6-10(13)7-9/h1-6,9-10,13H,7-8H2,(H2,17,19,21)(H2,18,20,22)/t9-,10-,13+/m1/s1. The number of anilines is 1. The number of rotatable bonds is 2. The lowest BCUT2D eigenvalue weighted by Crippen LogP contribution is -2.51. The number of hydrogen-bond donors (Lipinski definition) is 4. The first-order valence-corrected chi connectivity index (χ1v) is 8.37. The lowest BCUT2D eigenvalue weighted by molar-refractivity contribution is 0.518. The summed E-state index contributed by atoms with van der Waals surface area (Å²) in [4.78, 5) is 0. The van der Waals surface area contributed by atoms with Gasteiger partial charge in [-0.05, 0) is 61.2 Å². The van der Waals surface area contributed by atoms with Crippen molar-refractivity contribution in [3.8, 4) is 0 Å². The van der Waals surface area contributed by atoms with Gasteiger partial charge in [0, 0.05) is 6.04 Å². The number of allylic oxidation sites excluding steroid dienone is 1. The van der Waals surface area contributed by atoms with Crippen molar-refractivity contribution in [2.75, 3.05) is 5.32 Å². The Kier molecular flexibility index (Phi) is 4.81. The molecule has 0 amide bonds. The summed E-state index contributed by atoms with van der Waals surface area (Å²) in [6.45, 7) is 0. The van der Waals surface area contributed by atoms with E-state index in [9.17, 15) is 0 Å². The van der Waals surface area contributed by atoms with E-state index in [1.807, 2.05) is 18.2 Å². The average Bonchev–Trinajstić information content (AvgIpc) is 3.10. The molecule has 4 N–H and O–H groups in total. The van der Waals surface area contributed by atoms with E-state index < -0.39 is 0 Å². The molecule has 7 heteroatoms. The van der Waals surface area contributed by atoms with Crippen LogP contribution in [0, 0.1) is 11.8 Å². The highest BCUT2D eigenvalue weighted by Gasteiger charge is 2.35. The third-order valence-electron chi connectivity index (χ3n) is 4.01. The van der Waals surface area contributed by atoms with Crippen molar-refractivity contribution in [1.82, 2.24) is 16.2 Å². The first kappa shape index (κ1) is 15.5. The zero-order valence-corrected chi connectivity index (χ0v) is 14.2. The number of benzene rings is 1. The fraction of sp³-hybridized carbons (Fsp3) is 0.333. The van der Waals surface area contributed by atoms with Crippen molar-refractivity contribution in [2.24, 2.45) is 11.8 Å². The molecule has 2 aliphatic rings. The van der Waals surface area contributed by atoms with Gasteiger partial charge in [-0.2, -0.15) is 0 Å². The van der Waals surface area contributed by atoms with Crippen molar-refractivity contribution < 1.29 is 0 Å². The van der Waals surface area contributed by atoms with Crippen molar-refractivity contribution >= 4 is 51.9 Å². The Hall–Kier alpha value is -1.37. The summed E-state index contributed by atoms with van der Waals surface area (Å²) in [5.41, 5.74) is 6.52. The summed E-state index contributed by atoms with van der Waals surface area (Å²) >= 11 is 16.6. The molecule has 0 spiro atoms. The number of nitrogens with one attached hydrogen (secondary N) is 4. The minimum atomic E-state index is 0.407. The van der Waals surface area contributed by atoms with E-state index in [0.29, 0.717) is 33.1 Å². The number of halogens is 1. The van der Waals surface area contributed by atoms with Crippen LogP contribution in [0.2, 0.25) is 5.02 Å². The summed E-state index contributed by atoms with van der Waals surface area (Å²) in [5.74, 6) is 1.30. The molecule has 0 unspecified atom stereocenters. The summed E-state index contributed by atoms with van der Waals surface area (Å²) in [5, 5.41) is 7.92. The maximum absolute atomic E-state index is 6.07. The fourth-order valence-corrected chi connectivity index (χ4v) is 3.53. The molecule has 4 nitrogen and oxygen atoms in total. The van der Waals surface area contributed by atoms with Gasteiger partial charge in [0.2, 0.25) is 0 Å². The Morgan fingerprint density at radius 3 is 2.50 bits per heavy atom. The van der Waals surface area contributed by atoms with E-state index >= 15 is 0 Å². The number of fused-ring (bicyclic) bond motifs is 2. The normalized spacial score (nSPS) is 24.9. The molecule has 3 rings (SSSR count). The summed E-state index contributed by atoms with van der Waals surface area (Å²) in [7, 11) is 0. The van der Waals surface area contributed by atoms with Crippen LogP contribution in [0.1, 0.15) is 12.8 Å². The van der Waals surface area contributed by atoms with Gasteiger partial charge in [-0.3, -0.25) is 10.9 Å². The molecule has 2 aliphatic carbocycles.